The van der Waals surface area contributed by atoms with Crippen LogP contribution in [0.25, 0.3) is 10.9 Å². The molecule has 3 aliphatic heterocycles. The summed E-state index contributed by atoms with van der Waals surface area (Å²) in [4.78, 5) is 46.3. The summed E-state index contributed by atoms with van der Waals surface area (Å²) in [6, 6.07) is 14.3. The number of para-hydroxylation sites is 1. The molecule has 3 aromatic rings. The first-order chi connectivity index (χ1) is 16.5. The average Bonchev–Trinajstić information content (AvgIpc) is 3.55. The molecule has 2 saturated heterocycles. The largest absolute Gasteiger partial charge is 0.376 e. The molecule has 8 heteroatoms. The molecule has 0 saturated carbocycles. The molecule has 0 unspecified atom stereocenters. The first kappa shape index (κ1) is 20.9. The van der Waals surface area contributed by atoms with Crippen LogP contribution in [-0.2, 0) is 21.5 Å². The molecule has 8 nitrogen and oxygen atoms in total. The van der Waals surface area contributed by atoms with Crippen LogP contribution in [-0.4, -0.2) is 53.5 Å². The number of anilines is 1. The molecule has 3 aliphatic rings. The van der Waals surface area contributed by atoms with Gasteiger partial charge in [0, 0.05) is 36.2 Å². The third-order valence-corrected chi connectivity index (χ3v) is 7.35. The maximum Gasteiger partial charge on any atom is 0.332 e. The predicted molar refractivity (Wildman–Crippen MR) is 127 cm³/mol. The SMILES string of the molecule is C[C@]12C(=O)N(c3cccc(C(=O)NC[C@@H]4CCCO4)c3)C(=O)N1CCc1c2[nH]c2ccccc12. The minimum atomic E-state index is -1.12. The lowest BCUT2D eigenvalue weighted by molar-refractivity contribution is -0.125. The number of fused-ring (bicyclic) bond motifs is 5. The molecule has 0 spiro atoms. The number of hydrogen-bond donors (Lipinski definition) is 2. The first-order valence-electron chi connectivity index (χ1n) is 11.7. The second-order valence-corrected chi connectivity index (χ2v) is 9.32. The second-order valence-electron chi connectivity index (χ2n) is 9.32. The molecule has 0 bridgehead atoms. The van der Waals surface area contributed by atoms with Crippen molar-refractivity contribution in [1.82, 2.24) is 15.2 Å². The average molecular weight is 459 g/mol. The number of nitrogens with zero attached hydrogens (tertiary/aromatic N) is 2. The summed E-state index contributed by atoms with van der Waals surface area (Å²) in [5.74, 6) is -0.569. The van der Waals surface area contributed by atoms with Gasteiger partial charge in [-0.1, -0.05) is 24.3 Å². The summed E-state index contributed by atoms with van der Waals surface area (Å²) in [5.41, 5.74) is 2.48. The van der Waals surface area contributed by atoms with Gasteiger partial charge in [0.25, 0.3) is 11.8 Å². The van der Waals surface area contributed by atoms with Gasteiger partial charge in [-0.15, -0.1) is 0 Å². The number of H-pyrrole nitrogens is 1. The van der Waals surface area contributed by atoms with Crippen molar-refractivity contribution in [2.45, 2.75) is 37.8 Å². The lowest BCUT2D eigenvalue weighted by atomic mass is 9.87. The number of aromatic amines is 1. The highest BCUT2D eigenvalue weighted by molar-refractivity contribution is 6.24. The van der Waals surface area contributed by atoms with Gasteiger partial charge in [0.2, 0.25) is 0 Å². The Balaban J connectivity index is 1.32. The molecule has 34 heavy (non-hydrogen) atoms. The number of carbonyl (C=O) groups excluding carboxylic acids is 3. The number of imide groups is 1. The Bertz CT molecular complexity index is 1330. The molecule has 2 fully saturated rings. The van der Waals surface area contributed by atoms with Crippen molar-refractivity contribution in [2.75, 3.05) is 24.6 Å². The van der Waals surface area contributed by atoms with Crippen LogP contribution >= 0.6 is 0 Å². The summed E-state index contributed by atoms with van der Waals surface area (Å²) >= 11 is 0. The number of urea groups is 1. The van der Waals surface area contributed by atoms with Crippen molar-refractivity contribution < 1.29 is 19.1 Å². The fourth-order valence-corrected chi connectivity index (χ4v) is 5.52. The molecule has 0 radical (unpaired) electrons. The Morgan fingerprint density at radius 2 is 2.06 bits per heavy atom. The Hall–Kier alpha value is -3.65. The van der Waals surface area contributed by atoms with Crippen molar-refractivity contribution in [3.8, 4) is 0 Å². The summed E-state index contributed by atoms with van der Waals surface area (Å²) < 4.78 is 5.57. The molecule has 4 amide bonds. The maximum absolute atomic E-state index is 13.8. The van der Waals surface area contributed by atoms with Crippen molar-refractivity contribution in [3.63, 3.8) is 0 Å². The Morgan fingerprint density at radius 1 is 1.21 bits per heavy atom. The highest BCUT2D eigenvalue weighted by Crippen LogP contribution is 2.45. The lowest BCUT2D eigenvalue weighted by Gasteiger charge is -2.35. The van der Waals surface area contributed by atoms with Crippen LogP contribution in [0.2, 0.25) is 0 Å². The van der Waals surface area contributed by atoms with E-state index in [0.717, 1.165) is 41.6 Å². The Morgan fingerprint density at radius 3 is 2.88 bits per heavy atom. The van der Waals surface area contributed by atoms with Gasteiger partial charge >= 0.3 is 6.03 Å². The van der Waals surface area contributed by atoms with Crippen LogP contribution < -0.4 is 10.2 Å². The van der Waals surface area contributed by atoms with Gasteiger partial charge in [-0.2, -0.15) is 0 Å². The zero-order chi connectivity index (χ0) is 23.4. The van der Waals surface area contributed by atoms with Gasteiger partial charge in [-0.3, -0.25) is 9.59 Å². The van der Waals surface area contributed by atoms with Crippen molar-refractivity contribution in [3.05, 3.63) is 65.4 Å². The zero-order valence-corrected chi connectivity index (χ0v) is 19.0. The number of benzene rings is 2. The Kier molecular flexibility index (Phi) is 4.74. The number of nitrogens with one attached hydrogen (secondary N) is 2. The van der Waals surface area contributed by atoms with Crippen molar-refractivity contribution in [2.24, 2.45) is 0 Å². The number of carbonyl (C=O) groups is 3. The van der Waals surface area contributed by atoms with Gasteiger partial charge in [0.05, 0.1) is 17.5 Å². The van der Waals surface area contributed by atoms with E-state index < -0.39 is 5.54 Å². The van der Waals surface area contributed by atoms with E-state index in [9.17, 15) is 14.4 Å². The molecule has 4 heterocycles. The molecule has 2 aromatic carbocycles. The molecular formula is C26H26N4O4. The topological polar surface area (TPSA) is 94.7 Å². The van der Waals surface area contributed by atoms with Crippen molar-refractivity contribution >= 4 is 34.4 Å². The molecule has 174 valence electrons. The Labute approximate surface area is 196 Å². The third kappa shape index (κ3) is 2.98. The fraction of sp³-hybridized carbons (Fsp3) is 0.346. The number of hydrogen-bond acceptors (Lipinski definition) is 4. The molecule has 6 rings (SSSR count). The van der Waals surface area contributed by atoms with Crippen LogP contribution in [0.4, 0.5) is 10.5 Å². The normalized spacial score (nSPS) is 24.0. The van der Waals surface area contributed by atoms with Crippen molar-refractivity contribution in [1.29, 1.82) is 0 Å². The highest BCUT2D eigenvalue weighted by Gasteiger charge is 2.59. The lowest BCUT2D eigenvalue weighted by Crippen LogP contribution is -2.49. The van der Waals surface area contributed by atoms with Gasteiger partial charge in [-0.05, 0) is 56.0 Å². The van der Waals surface area contributed by atoms with E-state index in [-0.39, 0.29) is 23.9 Å². The number of rotatable bonds is 4. The minimum absolute atomic E-state index is 0.0373. The molecule has 1 aromatic heterocycles. The van der Waals surface area contributed by atoms with Crippen LogP contribution in [0.15, 0.2) is 48.5 Å². The van der Waals surface area contributed by atoms with Gasteiger partial charge in [-0.25, -0.2) is 9.69 Å². The monoisotopic (exact) mass is 458 g/mol. The van der Waals surface area contributed by atoms with Gasteiger partial charge in [0.1, 0.15) is 0 Å². The summed E-state index contributed by atoms with van der Waals surface area (Å²) in [6.07, 6.45) is 2.65. The highest BCUT2D eigenvalue weighted by atomic mass is 16.5. The van der Waals surface area contributed by atoms with Crippen LogP contribution in [0.5, 0.6) is 0 Å². The summed E-state index contributed by atoms with van der Waals surface area (Å²) in [6.45, 7) is 3.43. The van der Waals surface area contributed by atoms with E-state index in [1.165, 1.54) is 4.90 Å². The molecule has 2 N–H and O–H groups in total. The number of aromatic nitrogens is 1. The maximum atomic E-state index is 13.8. The minimum Gasteiger partial charge on any atom is -0.376 e. The van der Waals surface area contributed by atoms with Crippen LogP contribution in [0.3, 0.4) is 0 Å². The second kappa shape index (κ2) is 7.70. The first-order valence-corrected chi connectivity index (χ1v) is 11.7. The fourth-order valence-electron chi connectivity index (χ4n) is 5.52. The number of ether oxygens (including phenoxy) is 1. The van der Waals surface area contributed by atoms with E-state index in [4.69, 9.17) is 4.74 Å². The van der Waals surface area contributed by atoms with E-state index in [0.29, 0.717) is 30.8 Å². The predicted octanol–water partition coefficient (Wildman–Crippen LogP) is 3.32. The van der Waals surface area contributed by atoms with E-state index in [2.05, 4.69) is 10.3 Å². The zero-order valence-electron chi connectivity index (χ0n) is 19.0. The quantitative estimate of drug-likeness (QED) is 0.587. The molecule has 0 aliphatic carbocycles. The van der Waals surface area contributed by atoms with E-state index in [1.54, 1.807) is 36.1 Å². The summed E-state index contributed by atoms with van der Waals surface area (Å²) in [7, 11) is 0. The van der Waals surface area contributed by atoms with Gasteiger partial charge < -0.3 is 19.9 Å². The van der Waals surface area contributed by atoms with Crippen LogP contribution in [0, 0.1) is 0 Å². The van der Waals surface area contributed by atoms with E-state index >= 15 is 0 Å². The van der Waals surface area contributed by atoms with Crippen LogP contribution in [0.1, 0.15) is 41.4 Å². The third-order valence-electron chi connectivity index (χ3n) is 7.35. The van der Waals surface area contributed by atoms with Gasteiger partial charge in [0.15, 0.2) is 5.54 Å². The summed E-state index contributed by atoms with van der Waals surface area (Å²) in [5, 5.41) is 3.98. The standard InChI is InChI=1S/C26H26N4O4/c1-26-22-20(19-9-2-3-10-21(19)28-22)11-12-29(26)25(33)30(24(26)32)17-7-4-6-16(14-17)23(31)27-15-18-8-5-13-34-18/h2-4,6-7,9-10,14,18,28H,5,8,11-13,15H2,1H3,(H,27,31)/t18-,26-/m0/s1. The van der Waals surface area contributed by atoms with E-state index in [1.807, 2.05) is 24.3 Å². The molecular weight excluding hydrogens is 432 g/mol. The molecule has 2 atom stereocenters. The number of amides is 4. The smallest absolute Gasteiger partial charge is 0.332 e.